The second kappa shape index (κ2) is 22.6. The van der Waals surface area contributed by atoms with E-state index in [1.54, 1.807) is 48.7 Å². The number of nitrogens with one attached hydrogen (secondary N) is 6. The van der Waals surface area contributed by atoms with Crippen molar-refractivity contribution < 1.29 is 23.6 Å². The average molecular weight is 1160 g/mol. The number of hydrogen-bond donors (Lipinski definition) is 6. The Morgan fingerprint density at radius 3 is 1.09 bits per heavy atom. The highest BCUT2D eigenvalue weighted by atomic mass is 32.1. The molecule has 4 aromatic carbocycles. The minimum Gasteiger partial charge on any atom is -0.361 e. The Labute approximate surface area is 501 Å². The number of rotatable bonds is 19. The molecule has 0 spiro atoms. The molecule has 13 heteroatoms. The van der Waals surface area contributed by atoms with Gasteiger partial charge in [-0.25, -0.2) is 4.39 Å². The van der Waals surface area contributed by atoms with E-state index in [0.29, 0.717) is 27.9 Å². The first kappa shape index (κ1) is 56.6. The van der Waals surface area contributed by atoms with Crippen molar-refractivity contribution in [1.29, 1.82) is 0 Å². The van der Waals surface area contributed by atoms with Crippen LogP contribution in [-0.4, -0.2) is 53.0 Å². The molecule has 4 atom stereocenters. The molecule has 0 aliphatic carbocycles. The largest absolute Gasteiger partial charge is 0.361 e. The number of Topliss-reactive ketones (excluding diaryl/α,β-unsaturated/α-hetero) is 4. The second-order valence-corrected chi connectivity index (χ2v) is 25.1. The van der Waals surface area contributed by atoms with Crippen LogP contribution >= 0.6 is 22.7 Å². The number of hydrogen-bond acceptors (Lipinski definition) is 6. The standard InChI is InChI=1S/C72H67FN6O4S2/c1-36-61(44(9)80)40(5)74-69(36)65(46-18-12-11-13-19-46)51-28-30-54(78-51)68(60-35-49-21-15-17-23-58(49)85-60)72-39(4)64(43(8)77-72)56(83)33-32-55(82)63-38(3)70(76-42(63)7)66(47-24-26-50(73)27-25-47)52-29-31-53(79-52)67(59-34-48-20-14-16-22-57(48)84-59)71-37(2)62(45(10)81)41(6)75-71/h11-31,34-35,65-68,74-79H,32-33H2,1-10H3. The van der Waals surface area contributed by atoms with Gasteiger partial charge in [0.15, 0.2) is 23.1 Å². The van der Waals surface area contributed by atoms with E-state index in [-0.39, 0.29) is 59.5 Å². The summed E-state index contributed by atoms with van der Waals surface area (Å²) in [4.78, 5) is 79.8. The SMILES string of the molecule is CC(=O)c1c(C)[nH]c(C(c2ccccc2)c2ccc(C(c3cc4ccccc4s3)c3[nH]c(C)c(C(=O)CCC(=O)c4c(C)[nH]c(C(c5ccc(F)cc5)c5ccc(C(c6cc7ccccc7s6)c6[nH]c(C)c(C(C)=O)c6C)[nH]5)c4C)c3C)[nH]2)c1C. The number of aromatic nitrogens is 6. The molecule has 0 aliphatic heterocycles. The van der Waals surface area contributed by atoms with Crippen molar-refractivity contribution in [2.24, 2.45) is 0 Å². The lowest BCUT2D eigenvalue weighted by Crippen LogP contribution is -2.10. The quantitative estimate of drug-likeness (QED) is 0.0445. The van der Waals surface area contributed by atoms with Gasteiger partial charge in [-0.15, -0.1) is 22.7 Å². The second-order valence-electron chi connectivity index (χ2n) is 22.9. The molecular formula is C72H67FN6O4S2. The first-order valence-electron chi connectivity index (χ1n) is 28.9. The molecule has 0 fully saturated rings. The molecule has 428 valence electrons. The van der Waals surface area contributed by atoms with Crippen molar-refractivity contribution in [3.8, 4) is 0 Å². The zero-order valence-electron chi connectivity index (χ0n) is 49.3. The van der Waals surface area contributed by atoms with Gasteiger partial charge < -0.3 is 29.9 Å². The first-order chi connectivity index (χ1) is 40.9. The Morgan fingerprint density at radius 1 is 0.388 bits per heavy atom. The number of aromatic amines is 6. The zero-order valence-corrected chi connectivity index (χ0v) is 51.0. The van der Waals surface area contributed by atoms with Crippen LogP contribution in [-0.2, 0) is 0 Å². The Kier molecular flexibility index (Phi) is 15.0. The molecule has 8 aromatic heterocycles. The summed E-state index contributed by atoms with van der Waals surface area (Å²) in [5, 5.41) is 2.26. The number of carbonyl (C=O) groups excluding carboxylic acids is 4. The lowest BCUT2D eigenvalue weighted by molar-refractivity contribution is 0.0916. The topological polar surface area (TPSA) is 163 Å². The van der Waals surface area contributed by atoms with E-state index >= 15 is 0 Å². The van der Waals surface area contributed by atoms with E-state index in [1.807, 2.05) is 91.8 Å². The molecule has 6 N–H and O–H groups in total. The van der Waals surface area contributed by atoms with E-state index in [4.69, 9.17) is 0 Å². The van der Waals surface area contributed by atoms with Gasteiger partial charge in [0, 0.05) is 123 Å². The van der Waals surface area contributed by atoms with Gasteiger partial charge in [-0.2, -0.15) is 0 Å². The Bertz CT molecular complexity index is 4500. The monoisotopic (exact) mass is 1160 g/mol. The highest BCUT2D eigenvalue weighted by Gasteiger charge is 2.34. The van der Waals surface area contributed by atoms with Gasteiger partial charge in [-0.05, 0) is 174 Å². The third-order valence-electron chi connectivity index (χ3n) is 17.4. The van der Waals surface area contributed by atoms with Crippen LogP contribution < -0.4 is 0 Å². The van der Waals surface area contributed by atoms with Gasteiger partial charge in [0.1, 0.15) is 5.82 Å². The minimum atomic E-state index is -0.461. The predicted octanol–water partition coefficient (Wildman–Crippen LogP) is 17.7. The molecule has 0 saturated carbocycles. The molecule has 0 saturated heterocycles. The molecular weight excluding hydrogens is 1100 g/mol. The highest BCUT2D eigenvalue weighted by Crippen LogP contribution is 2.45. The fourth-order valence-electron chi connectivity index (χ4n) is 13.6. The van der Waals surface area contributed by atoms with Crippen molar-refractivity contribution >= 4 is 66.0 Å². The van der Waals surface area contributed by atoms with Crippen LogP contribution in [0.5, 0.6) is 0 Å². The Balaban J connectivity index is 0.861. The van der Waals surface area contributed by atoms with E-state index in [1.165, 1.54) is 12.1 Å². The smallest absolute Gasteiger partial charge is 0.165 e. The van der Waals surface area contributed by atoms with Crippen LogP contribution in [0.4, 0.5) is 4.39 Å². The fraction of sp³-hybridized carbons (Fsp3) is 0.222. The third-order valence-corrected chi connectivity index (χ3v) is 19.8. The fourth-order valence-corrected chi connectivity index (χ4v) is 16.0. The molecule has 85 heavy (non-hydrogen) atoms. The zero-order chi connectivity index (χ0) is 59.7. The third kappa shape index (κ3) is 10.2. The summed E-state index contributed by atoms with van der Waals surface area (Å²) < 4.78 is 17.0. The van der Waals surface area contributed by atoms with Gasteiger partial charge in [0.2, 0.25) is 0 Å². The van der Waals surface area contributed by atoms with Crippen LogP contribution in [0.15, 0.2) is 140 Å². The lowest BCUT2D eigenvalue weighted by Gasteiger charge is -2.19. The van der Waals surface area contributed by atoms with Crippen molar-refractivity contribution in [3.63, 3.8) is 0 Å². The maximum atomic E-state index is 14.8. The molecule has 0 amide bonds. The number of ketones is 4. The van der Waals surface area contributed by atoms with Crippen molar-refractivity contribution in [3.05, 3.63) is 279 Å². The number of halogens is 1. The van der Waals surface area contributed by atoms with E-state index in [9.17, 15) is 23.6 Å². The summed E-state index contributed by atoms with van der Waals surface area (Å²) in [6.07, 6.45) is -0.0144. The molecule has 4 unspecified atom stereocenters. The van der Waals surface area contributed by atoms with Crippen molar-refractivity contribution in [2.45, 2.75) is 106 Å². The van der Waals surface area contributed by atoms with Crippen LogP contribution in [0.3, 0.4) is 0 Å². The van der Waals surface area contributed by atoms with Gasteiger partial charge >= 0.3 is 0 Å². The molecule has 0 radical (unpaired) electrons. The Hall–Kier alpha value is -8.91. The summed E-state index contributed by atoms with van der Waals surface area (Å²) in [7, 11) is 0. The van der Waals surface area contributed by atoms with E-state index in [2.05, 4.69) is 109 Å². The van der Waals surface area contributed by atoms with Crippen LogP contribution in [0.25, 0.3) is 20.2 Å². The van der Waals surface area contributed by atoms with Gasteiger partial charge in [0.05, 0.1) is 23.7 Å². The van der Waals surface area contributed by atoms with Gasteiger partial charge in [-0.3, -0.25) is 19.2 Å². The normalized spacial score (nSPS) is 13.2. The summed E-state index contributed by atoms with van der Waals surface area (Å²) in [6.45, 7) is 18.9. The first-order valence-corrected chi connectivity index (χ1v) is 30.5. The maximum Gasteiger partial charge on any atom is 0.165 e. The molecule has 0 aliphatic rings. The summed E-state index contributed by atoms with van der Waals surface area (Å²) in [5.41, 5.74) is 18.1. The number of fused-ring (bicyclic) bond motifs is 2. The predicted molar refractivity (Wildman–Crippen MR) is 341 cm³/mol. The molecule has 8 heterocycles. The number of benzene rings is 4. The number of aryl methyl sites for hydroxylation is 4. The number of carbonyl (C=O) groups is 4. The van der Waals surface area contributed by atoms with E-state index in [0.717, 1.165) is 126 Å². The summed E-state index contributed by atoms with van der Waals surface area (Å²) in [5.74, 6) is -1.88. The average Bonchev–Trinajstić information content (AvgIpc) is 3.82. The van der Waals surface area contributed by atoms with Crippen LogP contribution in [0.2, 0.25) is 0 Å². The number of thiophene rings is 2. The minimum absolute atomic E-state index is 0.00166. The van der Waals surface area contributed by atoms with Crippen LogP contribution in [0.1, 0.15) is 203 Å². The Morgan fingerprint density at radius 2 is 0.718 bits per heavy atom. The van der Waals surface area contributed by atoms with Crippen molar-refractivity contribution in [1.82, 2.24) is 29.9 Å². The number of H-pyrrole nitrogens is 6. The molecule has 0 bridgehead atoms. The van der Waals surface area contributed by atoms with Crippen molar-refractivity contribution in [2.75, 3.05) is 0 Å². The van der Waals surface area contributed by atoms with Crippen LogP contribution in [0, 0.1) is 61.2 Å². The van der Waals surface area contributed by atoms with Gasteiger partial charge in [0.25, 0.3) is 0 Å². The van der Waals surface area contributed by atoms with Gasteiger partial charge in [-0.1, -0.05) is 78.9 Å². The lowest BCUT2D eigenvalue weighted by atomic mass is 9.89. The molecule has 12 aromatic rings. The summed E-state index contributed by atoms with van der Waals surface area (Å²) in [6, 6.07) is 46.3. The van der Waals surface area contributed by atoms with E-state index < -0.39 is 5.92 Å². The molecule has 10 nitrogen and oxygen atoms in total. The molecule has 12 rings (SSSR count). The summed E-state index contributed by atoms with van der Waals surface area (Å²) >= 11 is 3.44. The maximum absolute atomic E-state index is 14.8. The highest BCUT2D eigenvalue weighted by molar-refractivity contribution is 7.19.